The summed E-state index contributed by atoms with van der Waals surface area (Å²) in [6.07, 6.45) is -3.08. The van der Waals surface area contributed by atoms with Crippen LogP contribution in [0.15, 0.2) is 0 Å². The van der Waals surface area contributed by atoms with E-state index in [9.17, 15) is 9.59 Å². The second kappa shape index (κ2) is 5.21. The van der Waals surface area contributed by atoms with Crippen LogP contribution in [-0.2, 0) is 33.3 Å². The number of hydrogen-bond acceptors (Lipinski definition) is 7. The molecule has 2 aliphatic rings. The first-order chi connectivity index (χ1) is 8.52. The van der Waals surface area contributed by atoms with E-state index >= 15 is 0 Å². The zero-order chi connectivity index (χ0) is 13.3. The largest absolute Gasteiger partial charge is 0.456 e. The normalized spacial score (nSPS) is 38.3. The van der Waals surface area contributed by atoms with Gasteiger partial charge in [-0.05, 0) is 0 Å². The molecule has 2 fully saturated rings. The second-order valence-electron chi connectivity index (χ2n) is 4.22. The van der Waals surface area contributed by atoms with E-state index in [1.54, 1.807) is 0 Å². The molecule has 0 spiro atoms. The summed E-state index contributed by atoms with van der Waals surface area (Å²) >= 11 is 0. The van der Waals surface area contributed by atoms with Gasteiger partial charge in [0, 0.05) is 21.0 Å². The topological polar surface area (TPSA) is 80.3 Å². The van der Waals surface area contributed by atoms with Gasteiger partial charge in [-0.3, -0.25) is 9.59 Å². The summed E-state index contributed by atoms with van der Waals surface area (Å²) in [6.45, 7) is 2.85. The van der Waals surface area contributed by atoms with Gasteiger partial charge in [0.1, 0.15) is 12.2 Å². The molecule has 0 aromatic heterocycles. The Labute approximate surface area is 104 Å². The molecule has 0 aliphatic carbocycles. The van der Waals surface area contributed by atoms with Crippen molar-refractivity contribution in [1.29, 1.82) is 0 Å². The molecular formula is C11H16O7. The van der Waals surface area contributed by atoms with E-state index in [0.29, 0.717) is 0 Å². The Balaban J connectivity index is 2.20. The molecule has 2 aliphatic heterocycles. The van der Waals surface area contributed by atoms with Crippen LogP contribution in [0.2, 0.25) is 0 Å². The van der Waals surface area contributed by atoms with Gasteiger partial charge >= 0.3 is 11.9 Å². The minimum Gasteiger partial charge on any atom is -0.456 e. The molecule has 2 heterocycles. The summed E-state index contributed by atoms with van der Waals surface area (Å²) < 4.78 is 26.5. The van der Waals surface area contributed by atoms with Gasteiger partial charge in [0.25, 0.3) is 0 Å². The van der Waals surface area contributed by atoms with E-state index in [1.165, 1.54) is 21.0 Å². The van der Waals surface area contributed by atoms with E-state index in [4.69, 9.17) is 23.7 Å². The van der Waals surface area contributed by atoms with E-state index in [0.717, 1.165) is 0 Å². The molecule has 7 nitrogen and oxygen atoms in total. The quantitative estimate of drug-likeness (QED) is 0.640. The van der Waals surface area contributed by atoms with Crippen LogP contribution in [-0.4, -0.2) is 56.4 Å². The highest BCUT2D eigenvalue weighted by molar-refractivity contribution is 5.67. The lowest BCUT2D eigenvalue weighted by Crippen LogP contribution is -2.57. The first-order valence-corrected chi connectivity index (χ1v) is 5.67. The van der Waals surface area contributed by atoms with Gasteiger partial charge in [0.2, 0.25) is 0 Å². The summed E-state index contributed by atoms with van der Waals surface area (Å²) in [7, 11) is 1.46. The van der Waals surface area contributed by atoms with Crippen molar-refractivity contribution in [3.05, 3.63) is 0 Å². The van der Waals surface area contributed by atoms with E-state index < -0.39 is 42.6 Å². The fourth-order valence-electron chi connectivity index (χ4n) is 2.24. The van der Waals surface area contributed by atoms with Gasteiger partial charge in [0.05, 0.1) is 6.61 Å². The maximum absolute atomic E-state index is 11.1. The molecule has 0 unspecified atom stereocenters. The Hall–Kier alpha value is -1.18. The number of rotatable bonds is 3. The molecule has 5 atom stereocenters. The fourth-order valence-corrected chi connectivity index (χ4v) is 2.24. The van der Waals surface area contributed by atoms with Crippen molar-refractivity contribution in [2.45, 2.75) is 44.6 Å². The average Bonchev–Trinajstić information content (AvgIpc) is 2.69. The standard InChI is InChI=1S/C11H16O7/c1-5(12)16-8-7-4-15-11(18-7)10(14-3)9(8)17-6(2)13/h7-11H,4H2,1-3H3/t7-,8+,9+,10-,11-/m1/s1. The molecule has 0 aromatic rings. The third kappa shape index (κ3) is 2.47. The summed E-state index contributed by atoms with van der Waals surface area (Å²) in [4.78, 5) is 22.3. The maximum atomic E-state index is 11.1. The van der Waals surface area contributed by atoms with E-state index in [-0.39, 0.29) is 6.61 Å². The van der Waals surface area contributed by atoms with Crippen LogP contribution in [0.3, 0.4) is 0 Å². The summed E-state index contributed by atoms with van der Waals surface area (Å²) in [5.41, 5.74) is 0. The minimum absolute atomic E-state index is 0.278. The highest BCUT2D eigenvalue weighted by atomic mass is 16.8. The first-order valence-electron chi connectivity index (χ1n) is 5.67. The van der Waals surface area contributed by atoms with Gasteiger partial charge in [0.15, 0.2) is 18.5 Å². The Bertz CT molecular complexity index is 342. The van der Waals surface area contributed by atoms with Crippen molar-refractivity contribution >= 4 is 11.9 Å². The van der Waals surface area contributed by atoms with E-state index in [2.05, 4.69) is 0 Å². The Kier molecular flexibility index (Phi) is 3.84. The number of carbonyl (C=O) groups excluding carboxylic acids is 2. The highest BCUT2D eigenvalue weighted by Crippen LogP contribution is 2.33. The van der Waals surface area contributed by atoms with Crippen LogP contribution in [0.4, 0.5) is 0 Å². The molecule has 0 amide bonds. The third-order valence-corrected chi connectivity index (χ3v) is 2.89. The molecule has 102 valence electrons. The molecule has 2 rings (SSSR count). The summed E-state index contributed by atoms with van der Waals surface area (Å²) in [6, 6.07) is 0. The van der Waals surface area contributed by atoms with Crippen molar-refractivity contribution in [3.8, 4) is 0 Å². The SMILES string of the molecule is CO[C@H]1[C@@H]2OC[C@@H](O2)[C@H](OC(C)=O)[C@@H]1OC(C)=O. The number of carbonyl (C=O) groups is 2. The van der Waals surface area contributed by atoms with Crippen LogP contribution < -0.4 is 0 Å². The average molecular weight is 260 g/mol. The Morgan fingerprint density at radius 1 is 1.06 bits per heavy atom. The van der Waals surface area contributed by atoms with Crippen LogP contribution in [0.25, 0.3) is 0 Å². The molecule has 18 heavy (non-hydrogen) atoms. The van der Waals surface area contributed by atoms with Crippen molar-refractivity contribution < 1.29 is 33.3 Å². The maximum Gasteiger partial charge on any atom is 0.303 e. The molecule has 0 N–H and O–H groups in total. The lowest BCUT2D eigenvalue weighted by Gasteiger charge is -2.38. The molecule has 0 radical (unpaired) electrons. The predicted octanol–water partition coefficient (Wildman–Crippen LogP) is -0.380. The molecule has 2 bridgehead atoms. The summed E-state index contributed by atoms with van der Waals surface area (Å²) in [5, 5.41) is 0. The third-order valence-electron chi connectivity index (χ3n) is 2.89. The van der Waals surface area contributed by atoms with Crippen LogP contribution in [0.1, 0.15) is 13.8 Å². The minimum atomic E-state index is -0.720. The van der Waals surface area contributed by atoms with Gasteiger partial charge < -0.3 is 23.7 Å². The van der Waals surface area contributed by atoms with Crippen LogP contribution in [0, 0.1) is 0 Å². The molecule has 0 saturated carbocycles. The Morgan fingerprint density at radius 3 is 2.22 bits per heavy atom. The van der Waals surface area contributed by atoms with Gasteiger partial charge in [-0.15, -0.1) is 0 Å². The number of hydrogen-bond donors (Lipinski definition) is 0. The van der Waals surface area contributed by atoms with E-state index in [1.807, 2.05) is 0 Å². The summed E-state index contributed by atoms with van der Waals surface area (Å²) in [5.74, 6) is -0.943. The smallest absolute Gasteiger partial charge is 0.303 e. The lowest BCUT2D eigenvalue weighted by molar-refractivity contribution is -0.249. The molecular weight excluding hydrogens is 244 g/mol. The zero-order valence-corrected chi connectivity index (χ0v) is 10.5. The zero-order valence-electron chi connectivity index (χ0n) is 10.5. The van der Waals surface area contributed by atoms with Gasteiger partial charge in [-0.2, -0.15) is 0 Å². The Morgan fingerprint density at radius 2 is 1.67 bits per heavy atom. The van der Waals surface area contributed by atoms with Gasteiger partial charge in [-0.1, -0.05) is 0 Å². The molecule has 0 aromatic carbocycles. The predicted molar refractivity (Wildman–Crippen MR) is 56.5 cm³/mol. The number of ether oxygens (including phenoxy) is 5. The van der Waals surface area contributed by atoms with Crippen molar-refractivity contribution in [1.82, 2.24) is 0 Å². The van der Waals surface area contributed by atoms with Crippen molar-refractivity contribution in [2.24, 2.45) is 0 Å². The van der Waals surface area contributed by atoms with Crippen LogP contribution in [0.5, 0.6) is 0 Å². The molecule has 2 saturated heterocycles. The van der Waals surface area contributed by atoms with Crippen molar-refractivity contribution in [3.63, 3.8) is 0 Å². The highest BCUT2D eigenvalue weighted by Gasteiger charge is 2.54. The fraction of sp³-hybridized carbons (Fsp3) is 0.818. The monoisotopic (exact) mass is 260 g/mol. The second-order valence-corrected chi connectivity index (χ2v) is 4.22. The van der Waals surface area contributed by atoms with Crippen molar-refractivity contribution in [2.75, 3.05) is 13.7 Å². The molecule has 7 heteroatoms. The number of fused-ring (bicyclic) bond motifs is 2. The number of esters is 2. The lowest BCUT2D eigenvalue weighted by atomic mass is 10.0. The first kappa shape index (κ1) is 13.3. The van der Waals surface area contributed by atoms with Crippen LogP contribution >= 0.6 is 0 Å². The number of methoxy groups -OCH3 is 1. The van der Waals surface area contributed by atoms with Gasteiger partial charge in [-0.25, -0.2) is 0 Å².